The molecule has 0 aliphatic rings. The van der Waals surface area contributed by atoms with Crippen LogP contribution in [0.5, 0.6) is 5.75 Å². The number of nitro benzene ring substituents is 1. The fourth-order valence-corrected chi connectivity index (χ4v) is 1.31. The summed E-state index contributed by atoms with van der Waals surface area (Å²) in [5.41, 5.74) is -0.778. The summed E-state index contributed by atoms with van der Waals surface area (Å²) in [5, 5.41) is 19.2. The van der Waals surface area contributed by atoms with Gasteiger partial charge in [-0.1, -0.05) is 0 Å². The van der Waals surface area contributed by atoms with E-state index in [2.05, 4.69) is 0 Å². The van der Waals surface area contributed by atoms with Crippen LogP contribution in [0.15, 0.2) is 23.1 Å². The SMILES string of the molecule is O=[N+]([O-])c1cc(S(=O)(=O)O)ccc1O.[Na].[Na]. The molecule has 0 aliphatic carbocycles. The predicted octanol–water partition coefficient (Wildman–Crippen LogP) is -0.215. The number of phenolic OH excluding ortho intramolecular Hbond substituents is 1. The van der Waals surface area contributed by atoms with Crippen molar-refractivity contribution in [1.82, 2.24) is 0 Å². The second kappa shape index (κ2) is 6.92. The minimum atomic E-state index is -4.49. The van der Waals surface area contributed by atoms with Gasteiger partial charge >= 0.3 is 5.69 Å². The van der Waals surface area contributed by atoms with E-state index in [1.807, 2.05) is 0 Å². The number of hydrogen-bond donors (Lipinski definition) is 2. The van der Waals surface area contributed by atoms with Crippen molar-refractivity contribution in [3.8, 4) is 5.75 Å². The first-order valence-electron chi connectivity index (χ1n) is 3.27. The number of nitro groups is 1. The van der Waals surface area contributed by atoms with Crippen LogP contribution in [0.25, 0.3) is 0 Å². The maximum absolute atomic E-state index is 10.6. The quantitative estimate of drug-likeness (QED) is 0.330. The minimum Gasteiger partial charge on any atom is -0.502 e. The van der Waals surface area contributed by atoms with Gasteiger partial charge in [0.15, 0.2) is 5.75 Å². The number of aromatic hydroxyl groups is 1. The molecule has 0 bridgehead atoms. The average molecular weight is 265 g/mol. The second-order valence-corrected chi connectivity index (χ2v) is 3.80. The first kappa shape index (κ1) is 18.7. The Labute approximate surface area is 135 Å². The largest absolute Gasteiger partial charge is 0.502 e. The van der Waals surface area contributed by atoms with Gasteiger partial charge in [0, 0.05) is 65.2 Å². The van der Waals surface area contributed by atoms with Gasteiger partial charge in [0.05, 0.1) is 4.92 Å². The summed E-state index contributed by atoms with van der Waals surface area (Å²) >= 11 is 0. The van der Waals surface area contributed by atoms with Crippen molar-refractivity contribution in [2.75, 3.05) is 0 Å². The Morgan fingerprint density at radius 1 is 1.25 bits per heavy atom. The van der Waals surface area contributed by atoms with Crippen molar-refractivity contribution in [3.63, 3.8) is 0 Å². The molecule has 7 nitrogen and oxygen atoms in total. The van der Waals surface area contributed by atoms with Gasteiger partial charge < -0.3 is 5.11 Å². The molecule has 78 valence electrons. The summed E-state index contributed by atoms with van der Waals surface area (Å²) in [6.45, 7) is 0. The molecular formula is C6H5NNa2O6S. The molecule has 0 saturated heterocycles. The van der Waals surface area contributed by atoms with Gasteiger partial charge in [-0.15, -0.1) is 0 Å². The predicted molar refractivity (Wildman–Crippen MR) is 56.1 cm³/mol. The maximum Gasteiger partial charge on any atom is 0.312 e. The minimum absolute atomic E-state index is 0. The van der Waals surface area contributed by atoms with Crippen LogP contribution in [0.3, 0.4) is 0 Å². The molecule has 0 aromatic heterocycles. The first-order valence-corrected chi connectivity index (χ1v) is 4.71. The Morgan fingerprint density at radius 3 is 2.12 bits per heavy atom. The van der Waals surface area contributed by atoms with Crippen LogP contribution in [0.4, 0.5) is 5.69 Å². The van der Waals surface area contributed by atoms with Crippen LogP contribution in [0, 0.1) is 10.1 Å². The number of rotatable bonds is 2. The van der Waals surface area contributed by atoms with Crippen LogP contribution in [-0.2, 0) is 10.1 Å². The smallest absolute Gasteiger partial charge is 0.312 e. The molecule has 0 amide bonds. The molecule has 0 heterocycles. The zero-order valence-electron chi connectivity index (χ0n) is 8.61. The zero-order chi connectivity index (χ0) is 10.9. The van der Waals surface area contributed by atoms with E-state index in [1.54, 1.807) is 0 Å². The van der Waals surface area contributed by atoms with Crippen molar-refractivity contribution in [1.29, 1.82) is 0 Å². The van der Waals surface area contributed by atoms with Crippen LogP contribution in [0.1, 0.15) is 0 Å². The first-order chi connectivity index (χ1) is 6.32. The van der Waals surface area contributed by atoms with Crippen molar-refractivity contribution in [3.05, 3.63) is 28.3 Å². The van der Waals surface area contributed by atoms with Crippen molar-refractivity contribution in [2.45, 2.75) is 4.90 Å². The third-order valence-electron chi connectivity index (χ3n) is 1.44. The van der Waals surface area contributed by atoms with Gasteiger partial charge in [-0.3, -0.25) is 14.7 Å². The Bertz CT molecular complexity index is 488. The van der Waals surface area contributed by atoms with E-state index in [1.165, 1.54) is 0 Å². The van der Waals surface area contributed by atoms with Crippen LogP contribution in [-0.4, -0.2) is 82.1 Å². The summed E-state index contributed by atoms with van der Waals surface area (Å²) < 4.78 is 29.7. The molecule has 0 atom stereocenters. The van der Waals surface area contributed by atoms with Crippen molar-refractivity contribution >= 4 is 74.9 Å². The normalized spacial score (nSPS) is 9.81. The van der Waals surface area contributed by atoms with E-state index < -0.39 is 31.4 Å². The Balaban J connectivity index is 0. The summed E-state index contributed by atoms with van der Waals surface area (Å²) in [5.74, 6) is -0.664. The summed E-state index contributed by atoms with van der Waals surface area (Å²) in [4.78, 5) is 8.68. The third kappa shape index (κ3) is 4.68. The van der Waals surface area contributed by atoms with E-state index in [0.717, 1.165) is 12.1 Å². The van der Waals surface area contributed by atoms with E-state index in [-0.39, 0.29) is 59.1 Å². The van der Waals surface area contributed by atoms with Crippen LogP contribution < -0.4 is 0 Å². The Hall–Kier alpha value is 0.330. The molecular weight excluding hydrogens is 260 g/mol. The molecule has 16 heavy (non-hydrogen) atoms. The molecule has 0 unspecified atom stereocenters. The summed E-state index contributed by atoms with van der Waals surface area (Å²) in [6.07, 6.45) is 0. The van der Waals surface area contributed by atoms with Gasteiger partial charge in [-0.2, -0.15) is 8.42 Å². The molecule has 0 saturated carbocycles. The van der Waals surface area contributed by atoms with Gasteiger partial charge in [0.1, 0.15) is 4.90 Å². The summed E-state index contributed by atoms with van der Waals surface area (Å²) in [6, 6.07) is 2.25. The monoisotopic (exact) mass is 265 g/mol. The molecule has 2 radical (unpaired) electrons. The van der Waals surface area contributed by atoms with Gasteiger partial charge in [-0.05, 0) is 12.1 Å². The second-order valence-electron chi connectivity index (χ2n) is 2.38. The Morgan fingerprint density at radius 2 is 1.75 bits per heavy atom. The van der Waals surface area contributed by atoms with E-state index in [4.69, 9.17) is 9.66 Å². The van der Waals surface area contributed by atoms with Crippen LogP contribution >= 0.6 is 0 Å². The van der Waals surface area contributed by atoms with Crippen molar-refractivity contribution < 1.29 is 23.0 Å². The molecule has 10 heteroatoms. The van der Waals surface area contributed by atoms with Gasteiger partial charge in [0.2, 0.25) is 0 Å². The third-order valence-corrected chi connectivity index (χ3v) is 2.29. The van der Waals surface area contributed by atoms with Gasteiger partial charge in [0.25, 0.3) is 10.1 Å². The molecule has 0 spiro atoms. The van der Waals surface area contributed by atoms with E-state index >= 15 is 0 Å². The molecule has 2 N–H and O–H groups in total. The molecule has 0 aliphatic heterocycles. The Kier molecular flexibility index (Phi) is 8.08. The molecule has 0 fully saturated rings. The molecule has 1 aromatic carbocycles. The molecule has 1 rings (SSSR count). The number of nitrogens with zero attached hydrogens (tertiary/aromatic N) is 1. The van der Waals surface area contributed by atoms with Gasteiger partial charge in [-0.25, -0.2) is 0 Å². The zero-order valence-corrected chi connectivity index (χ0v) is 13.4. The van der Waals surface area contributed by atoms with E-state index in [0.29, 0.717) is 6.07 Å². The number of phenols is 1. The standard InChI is InChI=1S/C6H5NO6S.2Na/c8-6-2-1-4(14(11,12)13)3-5(6)7(9)10;;/h1-3,8H,(H,11,12,13);;. The van der Waals surface area contributed by atoms with Crippen molar-refractivity contribution in [2.24, 2.45) is 0 Å². The fourth-order valence-electron chi connectivity index (χ4n) is 0.810. The number of benzene rings is 1. The molecule has 1 aromatic rings. The van der Waals surface area contributed by atoms with E-state index in [9.17, 15) is 18.5 Å². The topological polar surface area (TPSA) is 118 Å². The summed E-state index contributed by atoms with van der Waals surface area (Å²) in [7, 11) is -4.49. The maximum atomic E-state index is 10.6. The number of hydrogen-bond acceptors (Lipinski definition) is 5. The average Bonchev–Trinajstić information content (AvgIpc) is 2.02. The fraction of sp³-hybridized carbons (Fsp3) is 0. The van der Waals surface area contributed by atoms with Crippen LogP contribution in [0.2, 0.25) is 0 Å².